The monoisotopic (exact) mass is 322 g/mol. The third-order valence-corrected chi connectivity index (χ3v) is 3.85. The molecule has 1 unspecified atom stereocenters. The van der Waals surface area contributed by atoms with Crippen molar-refractivity contribution in [1.29, 1.82) is 0 Å². The molecule has 1 aromatic carbocycles. The van der Waals surface area contributed by atoms with Crippen LogP contribution in [0.15, 0.2) is 24.3 Å². The molecule has 1 aliphatic heterocycles. The number of nitrogens with zero attached hydrogens (tertiary/aromatic N) is 2. The van der Waals surface area contributed by atoms with Gasteiger partial charge < -0.3 is 9.47 Å². The normalized spacial score (nSPS) is 18.4. The van der Waals surface area contributed by atoms with Gasteiger partial charge in [-0.1, -0.05) is 12.5 Å². The molecule has 0 aromatic heterocycles. The number of hydrogen-bond acceptors (Lipinski definition) is 6. The molecular formula is C16H22N2O5. The van der Waals surface area contributed by atoms with Crippen LogP contribution in [0, 0.1) is 10.1 Å². The van der Waals surface area contributed by atoms with Gasteiger partial charge in [0, 0.05) is 12.6 Å². The molecule has 0 bridgehead atoms. The maximum Gasteiger partial charge on any atom is 0.323 e. The maximum absolute atomic E-state index is 12.0. The Morgan fingerprint density at radius 2 is 2.26 bits per heavy atom. The molecule has 7 heteroatoms. The first-order valence-corrected chi connectivity index (χ1v) is 7.89. The van der Waals surface area contributed by atoms with Crippen molar-refractivity contribution in [2.24, 2.45) is 0 Å². The van der Waals surface area contributed by atoms with E-state index in [2.05, 4.69) is 4.90 Å². The first-order valence-electron chi connectivity index (χ1n) is 7.89. The molecule has 2 rings (SSSR count). The Labute approximate surface area is 135 Å². The quantitative estimate of drug-likeness (QED) is 0.435. The predicted octanol–water partition coefficient (Wildman–Crippen LogP) is 2.39. The molecule has 23 heavy (non-hydrogen) atoms. The Balaban J connectivity index is 1.87. The third kappa shape index (κ3) is 4.92. The standard InChI is InChI=1S/C16H22N2O5/c1-2-22-16(19)15-8-3-4-9-17(15)10-11-23-14-7-5-6-13(12-14)18(20)21/h5-7,12,15H,2-4,8-11H2,1H3. The van der Waals surface area contributed by atoms with E-state index >= 15 is 0 Å². The summed E-state index contributed by atoms with van der Waals surface area (Å²) in [6.45, 7) is 3.98. The van der Waals surface area contributed by atoms with Crippen LogP contribution in [0.5, 0.6) is 5.75 Å². The molecule has 0 N–H and O–H groups in total. The zero-order valence-corrected chi connectivity index (χ0v) is 13.3. The van der Waals surface area contributed by atoms with Crippen LogP contribution in [-0.4, -0.2) is 48.1 Å². The smallest absolute Gasteiger partial charge is 0.323 e. The number of nitro benzene ring substituents is 1. The minimum atomic E-state index is -0.450. The molecule has 1 atom stereocenters. The minimum absolute atomic E-state index is 0.00451. The zero-order chi connectivity index (χ0) is 16.7. The lowest BCUT2D eigenvalue weighted by Crippen LogP contribution is -2.47. The number of ether oxygens (including phenoxy) is 2. The van der Waals surface area contributed by atoms with E-state index in [1.807, 2.05) is 0 Å². The zero-order valence-electron chi connectivity index (χ0n) is 13.3. The van der Waals surface area contributed by atoms with Crippen molar-refractivity contribution in [1.82, 2.24) is 4.90 Å². The van der Waals surface area contributed by atoms with Gasteiger partial charge in [-0.2, -0.15) is 0 Å². The largest absolute Gasteiger partial charge is 0.492 e. The van der Waals surface area contributed by atoms with E-state index in [0.717, 1.165) is 25.8 Å². The minimum Gasteiger partial charge on any atom is -0.492 e. The average molecular weight is 322 g/mol. The van der Waals surface area contributed by atoms with Crippen LogP contribution in [0.4, 0.5) is 5.69 Å². The van der Waals surface area contributed by atoms with Gasteiger partial charge in [-0.25, -0.2) is 0 Å². The lowest BCUT2D eigenvalue weighted by Gasteiger charge is -2.33. The summed E-state index contributed by atoms with van der Waals surface area (Å²) in [5.41, 5.74) is 0.00451. The first-order chi connectivity index (χ1) is 11.1. The molecule has 1 aromatic rings. The number of benzene rings is 1. The summed E-state index contributed by atoms with van der Waals surface area (Å²) < 4.78 is 10.7. The fraction of sp³-hybridized carbons (Fsp3) is 0.562. The van der Waals surface area contributed by atoms with Crippen molar-refractivity contribution in [3.63, 3.8) is 0 Å². The molecule has 7 nitrogen and oxygen atoms in total. The highest BCUT2D eigenvalue weighted by atomic mass is 16.6. The molecular weight excluding hydrogens is 300 g/mol. The van der Waals surface area contributed by atoms with Gasteiger partial charge in [0.2, 0.25) is 0 Å². The van der Waals surface area contributed by atoms with Crippen LogP contribution >= 0.6 is 0 Å². The number of non-ortho nitro benzene ring substituents is 1. The topological polar surface area (TPSA) is 81.9 Å². The van der Waals surface area contributed by atoms with Crippen LogP contribution in [0.25, 0.3) is 0 Å². The van der Waals surface area contributed by atoms with E-state index in [9.17, 15) is 14.9 Å². The number of hydrogen-bond donors (Lipinski definition) is 0. The van der Waals surface area contributed by atoms with E-state index < -0.39 is 4.92 Å². The summed E-state index contributed by atoms with van der Waals surface area (Å²) >= 11 is 0. The summed E-state index contributed by atoms with van der Waals surface area (Å²) in [7, 11) is 0. The van der Waals surface area contributed by atoms with E-state index in [1.54, 1.807) is 19.1 Å². The SMILES string of the molecule is CCOC(=O)C1CCCCN1CCOc1cccc([N+](=O)[O-])c1. The lowest BCUT2D eigenvalue weighted by atomic mass is 10.0. The molecule has 1 heterocycles. The van der Waals surface area contributed by atoms with Gasteiger partial charge >= 0.3 is 5.97 Å². The highest BCUT2D eigenvalue weighted by Gasteiger charge is 2.29. The van der Waals surface area contributed by atoms with Crippen LogP contribution in [0.3, 0.4) is 0 Å². The van der Waals surface area contributed by atoms with E-state index in [4.69, 9.17) is 9.47 Å². The van der Waals surface area contributed by atoms with Gasteiger partial charge in [-0.3, -0.25) is 19.8 Å². The van der Waals surface area contributed by atoms with Crippen molar-refractivity contribution in [3.8, 4) is 5.75 Å². The summed E-state index contributed by atoms with van der Waals surface area (Å²) in [4.78, 5) is 24.3. The van der Waals surface area contributed by atoms with Crippen LogP contribution in [-0.2, 0) is 9.53 Å². The fourth-order valence-corrected chi connectivity index (χ4v) is 2.73. The molecule has 1 fully saturated rings. The highest BCUT2D eigenvalue weighted by Crippen LogP contribution is 2.20. The molecule has 0 spiro atoms. The second-order valence-electron chi connectivity index (χ2n) is 5.40. The molecule has 1 aliphatic rings. The van der Waals surface area contributed by atoms with Gasteiger partial charge in [0.05, 0.1) is 17.6 Å². The summed E-state index contributed by atoms with van der Waals surface area (Å²) in [5, 5.41) is 10.7. The van der Waals surface area contributed by atoms with Crippen molar-refractivity contribution in [2.45, 2.75) is 32.2 Å². The second kappa shape index (κ2) is 8.47. The summed E-state index contributed by atoms with van der Waals surface area (Å²) in [6.07, 6.45) is 2.87. The summed E-state index contributed by atoms with van der Waals surface area (Å²) in [6, 6.07) is 5.90. The average Bonchev–Trinajstić information content (AvgIpc) is 2.56. The number of carbonyl (C=O) groups is 1. The second-order valence-corrected chi connectivity index (χ2v) is 5.40. The Kier molecular flexibility index (Phi) is 6.34. The van der Waals surface area contributed by atoms with Gasteiger partial charge in [-0.05, 0) is 32.4 Å². The maximum atomic E-state index is 12.0. The number of rotatable bonds is 7. The molecule has 0 amide bonds. The number of esters is 1. The van der Waals surface area contributed by atoms with Crippen LogP contribution in [0.2, 0.25) is 0 Å². The Bertz CT molecular complexity index is 549. The number of piperidine rings is 1. The van der Waals surface area contributed by atoms with Crippen LogP contribution < -0.4 is 4.74 Å². The Morgan fingerprint density at radius 3 is 3.00 bits per heavy atom. The van der Waals surface area contributed by atoms with Gasteiger partial charge in [-0.15, -0.1) is 0 Å². The van der Waals surface area contributed by atoms with Crippen molar-refractivity contribution in [2.75, 3.05) is 26.3 Å². The predicted molar refractivity (Wildman–Crippen MR) is 84.4 cm³/mol. The third-order valence-electron chi connectivity index (χ3n) is 3.85. The van der Waals surface area contributed by atoms with Gasteiger partial charge in [0.15, 0.2) is 0 Å². The molecule has 1 saturated heterocycles. The molecule has 0 radical (unpaired) electrons. The van der Waals surface area contributed by atoms with Gasteiger partial charge in [0.1, 0.15) is 18.4 Å². The molecule has 0 saturated carbocycles. The van der Waals surface area contributed by atoms with Gasteiger partial charge in [0.25, 0.3) is 5.69 Å². The lowest BCUT2D eigenvalue weighted by molar-refractivity contribution is -0.384. The molecule has 126 valence electrons. The number of nitro groups is 1. The number of likely N-dealkylation sites (tertiary alicyclic amines) is 1. The Hall–Kier alpha value is -2.15. The summed E-state index contributed by atoms with van der Waals surface area (Å²) in [5.74, 6) is 0.284. The van der Waals surface area contributed by atoms with E-state index in [1.165, 1.54) is 12.1 Å². The molecule has 0 aliphatic carbocycles. The number of carbonyl (C=O) groups excluding carboxylic acids is 1. The van der Waals surface area contributed by atoms with E-state index in [-0.39, 0.29) is 17.7 Å². The van der Waals surface area contributed by atoms with E-state index in [0.29, 0.717) is 25.5 Å². The van der Waals surface area contributed by atoms with Crippen LogP contribution in [0.1, 0.15) is 26.2 Å². The van der Waals surface area contributed by atoms with Crippen molar-refractivity contribution >= 4 is 11.7 Å². The van der Waals surface area contributed by atoms with Crippen molar-refractivity contribution < 1.29 is 19.2 Å². The first kappa shape index (κ1) is 17.2. The highest BCUT2D eigenvalue weighted by molar-refractivity contribution is 5.75. The Morgan fingerprint density at radius 1 is 1.43 bits per heavy atom. The van der Waals surface area contributed by atoms with Crippen molar-refractivity contribution in [3.05, 3.63) is 34.4 Å². The fourth-order valence-electron chi connectivity index (χ4n) is 2.73.